The molecule has 0 atom stereocenters. The molecular weight excluding hydrogens is 342 g/mol. The Bertz CT molecular complexity index is 845. The molecule has 0 spiro atoms. The fourth-order valence-corrected chi connectivity index (χ4v) is 3.35. The van der Waals surface area contributed by atoms with Crippen LogP contribution in [0.4, 0.5) is 0 Å². The Kier molecular flexibility index (Phi) is 4.73. The van der Waals surface area contributed by atoms with E-state index in [1.54, 1.807) is 23.4 Å². The summed E-state index contributed by atoms with van der Waals surface area (Å²) in [5.41, 5.74) is 0.456. The molecule has 1 saturated heterocycles. The van der Waals surface area contributed by atoms with Gasteiger partial charge in [0.15, 0.2) is 0 Å². The smallest absolute Gasteiger partial charge is 0.254 e. The van der Waals surface area contributed by atoms with Crippen molar-refractivity contribution in [3.8, 4) is 5.75 Å². The fourth-order valence-electron chi connectivity index (χ4n) is 2.45. The lowest BCUT2D eigenvalue weighted by Gasteiger charge is -2.38. The van der Waals surface area contributed by atoms with E-state index >= 15 is 0 Å². The minimum atomic E-state index is -3.49. The summed E-state index contributed by atoms with van der Waals surface area (Å²) in [6.45, 7) is 0.983. The zero-order valence-electron chi connectivity index (χ0n) is 14.0. The third-order valence-electron chi connectivity index (χ3n) is 3.95. The molecule has 3 rings (SSSR count). The Labute approximate surface area is 146 Å². The molecule has 1 aliphatic heterocycles. The first-order chi connectivity index (χ1) is 11.9. The van der Waals surface area contributed by atoms with Gasteiger partial charge in [0.1, 0.15) is 11.9 Å². The van der Waals surface area contributed by atoms with Gasteiger partial charge in [0, 0.05) is 25.9 Å². The molecule has 1 aromatic carbocycles. The van der Waals surface area contributed by atoms with Gasteiger partial charge in [-0.3, -0.25) is 9.78 Å². The number of ether oxygens (including phenoxy) is 1. The van der Waals surface area contributed by atoms with Crippen molar-refractivity contribution in [1.82, 2.24) is 14.2 Å². The van der Waals surface area contributed by atoms with Crippen LogP contribution in [-0.2, 0) is 10.0 Å². The summed E-state index contributed by atoms with van der Waals surface area (Å²) in [6.07, 6.45) is 3.25. The predicted molar refractivity (Wildman–Crippen MR) is 91.9 cm³/mol. The number of rotatable bonds is 5. The van der Waals surface area contributed by atoms with E-state index in [0.717, 1.165) is 4.31 Å². The topological polar surface area (TPSA) is 79.8 Å². The average Bonchev–Trinajstić information content (AvgIpc) is 2.58. The number of sulfonamides is 1. The largest absolute Gasteiger partial charge is 0.485 e. The molecule has 0 unspecified atom stereocenters. The van der Waals surface area contributed by atoms with Crippen molar-refractivity contribution in [2.24, 2.45) is 0 Å². The normalized spacial score (nSPS) is 15.1. The van der Waals surface area contributed by atoms with Crippen LogP contribution in [-0.4, -0.2) is 61.8 Å². The molecule has 0 bridgehead atoms. The van der Waals surface area contributed by atoms with E-state index < -0.39 is 10.0 Å². The van der Waals surface area contributed by atoms with Gasteiger partial charge in [0.05, 0.1) is 24.2 Å². The predicted octanol–water partition coefficient (Wildman–Crippen LogP) is 1.24. The summed E-state index contributed by atoms with van der Waals surface area (Å²) in [7, 11) is -0.554. The number of benzene rings is 1. The maximum Gasteiger partial charge on any atom is 0.254 e. The molecule has 1 fully saturated rings. The van der Waals surface area contributed by atoms with Gasteiger partial charge in [-0.25, -0.2) is 12.7 Å². The summed E-state index contributed by atoms with van der Waals surface area (Å²) in [5, 5.41) is 0. The van der Waals surface area contributed by atoms with Crippen LogP contribution in [0, 0.1) is 0 Å². The molecule has 0 saturated carbocycles. The van der Waals surface area contributed by atoms with Gasteiger partial charge in [-0.2, -0.15) is 0 Å². The Morgan fingerprint density at radius 3 is 2.44 bits per heavy atom. The SMILES string of the molecule is CN(C)S(=O)(=O)c1ccc(C(=O)N2CC(Oc3cccnc3)C2)cc1. The van der Waals surface area contributed by atoms with Crippen LogP contribution in [0.15, 0.2) is 53.7 Å². The van der Waals surface area contributed by atoms with E-state index in [1.807, 2.05) is 6.07 Å². The molecule has 1 aromatic heterocycles. The number of hydrogen-bond donors (Lipinski definition) is 0. The highest BCUT2D eigenvalue weighted by Gasteiger charge is 2.33. The third-order valence-corrected chi connectivity index (χ3v) is 5.78. The Balaban J connectivity index is 1.60. The van der Waals surface area contributed by atoms with Crippen LogP contribution in [0.2, 0.25) is 0 Å². The molecular formula is C17H19N3O4S. The summed E-state index contributed by atoms with van der Waals surface area (Å²) in [4.78, 5) is 18.2. The summed E-state index contributed by atoms with van der Waals surface area (Å²) in [6, 6.07) is 9.58. The number of aromatic nitrogens is 1. The molecule has 7 nitrogen and oxygen atoms in total. The quantitative estimate of drug-likeness (QED) is 0.800. The molecule has 132 valence electrons. The van der Waals surface area contributed by atoms with E-state index in [1.165, 1.54) is 38.4 Å². The van der Waals surface area contributed by atoms with E-state index in [0.29, 0.717) is 24.4 Å². The molecule has 2 aromatic rings. The van der Waals surface area contributed by atoms with Crippen molar-refractivity contribution in [2.45, 2.75) is 11.0 Å². The second kappa shape index (κ2) is 6.81. The maximum atomic E-state index is 12.4. The number of hydrogen-bond acceptors (Lipinski definition) is 5. The van der Waals surface area contributed by atoms with E-state index in [4.69, 9.17) is 4.74 Å². The van der Waals surface area contributed by atoms with Crippen molar-refractivity contribution in [1.29, 1.82) is 0 Å². The molecule has 0 aliphatic carbocycles. The van der Waals surface area contributed by atoms with Crippen molar-refractivity contribution in [2.75, 3.05) is 27.2 Å². The zero-order chi connectivity index (χ0) is 18.0. The molecule has 2 heterocycles. The second-order valence-corrected chi connectivity index (χ2v) is 8.10. The Morgan fingerprint density at radius 2 is 1.88 bits per heavy atom. The highest BCUT2D eigenvalue weighted by Crippen LogP contribution is 2.20. The van der Waals surface area contributed by atoms with Crippen molar-refractivity contribution >= 4 is 15.9 Å². The van der Waals surface area contributed by atoms with E-state index in [9.17, 15) is 13.2 Å². The first kappa shape index (κ1) is 17.4. The Hall–Kier alpha value is -2.45. The van der Waals surface area contributed by atoms with Gasteiger partial charge >= 0.3 is 0 Å². The van der Waals surface area contributed by atoms with Gasteiger partial charge in [0.2, 0.25) is 10.0 Å². The van der Waals surface area contributed by atoms with Gasteiger partial charge < -0.3 is 9.64 Å². The summed E-state index contributed by atoms with van der Waals surface area (Å²) in [5.74, 6) is 0.540. The van der Waals surface area contributed by atoms with Crippen LogP contribution < -0.4 is 4.74 Å². The first-order valence-corrected chi connectivity index (χ1v) is 9.20. The lowest BCUT2D eigenvalue weighted by atomic mass is 10.1. The van der Waals surface area contributed by atoms with Crippen LogP contribution in [0.1, 0.15) is 10.4 Å². The molecule has 1 aliphatic rings. The van der Waals surface area contributed by atoms with E-state index in [2.05, 4.69) is 4.98 Å². The number of carbonyl (C=O) groups is 1. The monoisotopic (exact) mass is 361 g/mol. The highest BCUT2D eigenvalue weighted by atomic mass is 32.2. The zero-order valence-corrected chi connectivity index (χ0v) is 14.8. The van der Waals surface area contributed by atoms with Crippen LogP contribution in [0.3, 0.4) is 0 Å². The second-order valence-electron chi connectivity index (χ2n) is 5.95. The van der Waals surface area contributed by atoms with Crippen molar-refractivity contribution < 1.29 is 17.9 Å². The number of likely N-dealkylation sites (tertiary alicyclic amines) is 1. The third kappa shape index (κ3) is 3.64. The van der Waals surface area contributed by atoms with Crippen molar-refractivity contribution in [3.63, 3.8) is 0 Å². The van der Waals surface area contributed by atoms with E-state index in [-0.39, 0.29) is 16.9 Å². The minimum Gasteiger partial charge on any atom is -0.485 e. The average molecular weight is 361 g/mol. The molecule has 1 amide bonds. The lowest BCUT2D eigenvalue weighted by Crippen LogP contribution is -2.56. The molecule has 25 heavy (non-hydrogen) atoms. The van der Waals surface area contributed by atoms with Crippen LogP contribution in [0.25, 0.3) is 0 Å². The van der Waals surface area contributed by atoms with Gasteiger partial charge in [-0.05, 0) is 36.4 Å². The number of carbonyl (C=O) groups excluding carboxylic acids is 1. The minimum absolute atomic E-state index is 0.0541. The molecule has 0 N–H and O–H groups in total. The highest BCUT2D eigenvalue weighted by molar-refractivity contribution is 7.89. The Morgan fingerprint density at radius 1 is 1.20 bits per heavy atom. The van der Waals surface area contributed by atoms with Gasteiger partial charge in [-0.1, -0.05) is 0 Å². The number of amides is 1. The van der Waals surface area contributed by atoms with Crippen LogP contribution >= 0.6 is 0 Å². The lowest BCUT2D eigenvalue weighted by molar-refractivity contribution is 0.0176. The summed E-state index contributed by atoms with van der Waals surface area (Å²) >= 11 is 0. The number of nitrogens with zero attached hydrogens (tertiary/aromatic N) is 3. The molecule has 0 radical (unpaired) electrons. The maximum absolute atomic E-state index is 12.4. The van der Waals surface area contributed by atoms with Crippen LogP contribution in [0.5, 0.6) is 5.75 Å². The standard InChI is InChI=1S/C17H19N3O4S/c1-19(2)25(22,23)16-7-5-13(6-8-16)17(21)20-11-15(12-20)24-14-4-3-9-18-10-14/h3-10,15H,11-12H2,1-2H3. The van der Waals surface area contributed by atoms with Gasteiger partial charge in [0.25, 0.3) is 5.91 Å². The molecule has 8 heteroatoms. The number of pyridine rings is 1. The first-order valence-electron chi connectivity index (χ1n) is 7.76. The fraction of sp³-hybridized carbons (Fsp3) is 0.294. The summed E-state index contributed by atoms with van der Waals surface area (Å²) < 4.78 is 30.9. The van der Waals surface area contributed by atoms with Gasteiger partial charge in [-0.15, -0.1) is 0 Å². The van der Waals surface area contributed by atoms with Crippen molar-refractivity contribution in [3.05, 3.63) is 54.4 Å².